The van der Waals surface area contributed by atoms with Gasteiger partial charge >= 0.3 is 5.97 Å². The van der Waals surface area contributed by atoms with Crippen LogP contribution in [0.5, 0.6) is 5.75 Å². The van der Waals surface area contributed by atoms with Crippen molar-refractivity contribution < 1.29 is 14.3 Å². The van der Waals surface area contributed by atoms with Gasteiger partial charge in [-0.15, -0.1) is 11.8 Å². The van der Waals surface area contributed by atoms with Crippen molar-refractivity contribution in [3.63, 3.8) is 0 Å². The molecular weight excluding hydrogens is 380 g/mol. The topological polar surface area (TPSA) is 35.5 Å². The molecule has 0 aromatic heterocycles. The van der Waals surface area contributed by atoms with E-state index >= 15 is 0 Å². The third-order valence-electron chi connectivity index (χ3n) is 4.27. The second kappa shape index (κ2) is 8.51. The molecule has 0 bridgehead atoms. The predicted molar refractivity (Wildman–Crippen MR) is 112 cm³/mol. The number of esters is 1. The van der Waals surface area contributed by atoms with Gasteiger partial charge in [0, 0.05) is 21.0 Å². The fourth-order valence-electron chi connectivity index (χ4n) is 3.04. The van der Waals surface area contributed by atoms with Crippen LogP contribution < -0.4 is 4.74 Å². The maximum absolute atomic E-state index is 12.6. The van der Waals surface area contributed by atoms with E-state index in [-0.39, 0.29) is 5.97 Å². The first-order valence-electron chi connectivity index (χ1n) is 8.29. The van der Waals surface area contributed by atoms with Crippen molar-refractivity contribution in [3.05, 3.63) is 71.2 Å². The predicted octanol–water partition coefficient (Wildman–Crippen LogP) is 6.19. The molecule has 0 aliphatic carbocycles. The van der Waals surface area contributed by atoms with Gasteiger partial charge in [-0.1, -0.05) is 54.1 Å². The molecule has 0 spiro atoms. The Bertz CT molecular complexity index is 954. The van der Waals surface area contributed by atoms with Crippen LogP contribution in [0.1, 0.15) is 10.4 Å². The first-order valence-corrected chi connectivity index (χ1v) is 9.89. The normalized spacial score (nSPS) is 10.5. The van der Waals surface area contributed by atoms with Crippen molar-refractivity contribution in [2.45, 2.75) is 4.90 Å². The van der Waals surface area contributed by atoms with Gasteiger partial charge < -0.3 is 9.47 Å². The Morgan fingerprint density at radius 2 is 1.63 bits per heavy atom. The second-order valence-corrected chi connectivity index (χ2v) is 7.06. The van der Waals surface area contributed by atoms with E-state index in [9.17, 15) is 4.79 Å². The molecule has 0 aliphatic rings. The van der Waals surface area contributed by atoms with Gasteiger partial charge in [0.25, 0.3) is 0 Å². The summed E-state index contributed by atoms with van der Waals surface area (Å²) in [4.78, 5) is 13.5. The molecule has 0 unspecified atom stereocenters. The molecule has 3 rings (SSSR count). The smallest absolute Gasteiger partial charge is 0.339 e. The zero-order valence-electron chi connectivity index (χ0n) is 15.3. The van der Waals surface area contributed by atoms with E-state index in [0.29, 0.717) is 16.3 Å². The molecule has 5 heteroatoms. The quantitative estimate of drug-likeness (QED) is 0.379. The zero-order valence-corrected chi connectivity index (χ0v) is 16.9. The molecule has 0 atom stereocenters. The molecule has 27 heavy (non-hydrogen) atoms. The van der Waals surface area contributed by atoms with Crippen LogP contribution in [0.15, 0.2) is 65.6 Å². The van der Waals surface area contributed by atoms with E-state index in [0.717, 1.165) is 27.1 Å². The summed E-state index contributed by atoms with van der Waals surface area (Å²) >= 11 is 7.54. The first kappa shape index (κ1) is 19.3. The monoisotopic (exact) mass is 398 g/mol. The lowest BCUT2D eigenvalue weighted by Crippen LogP contribution is -2.08. The number of thioether (sulfide) groups is 1. The van der Waals surface area contributed by atoms with Gasteiger partial charge in [0.15, 0.2) is 0 Å². The van der Waals surface area contributed by atoms with Crippen molar-refractivity contribution in [1.82, 2.24) is 0 Å². The average molecular weight is 399 g/mol. The Labute approximate surface area is 168 Å². The lowest BCUT2D eigenvalue weighted by Gasteiger charge is -2.20. The van der Waals surface area contributed by atoms with Gasteiger partial charge in [-0.25, -0.2) is 4.79 Å². The molecule has 0 aliphatic heterocycles. The number of hydrogen-bond acceptors (Lipinski definition) is 4. The van der Waals surface area contributed by atoms with Gasteiger partial charge in [-0.05, 0) is 35.6 Å². The summed E-state index contributed by atoms with van der Waals surface area (Å²) in [6.45, 7) is 0. The van der Waals surface area contributed by atoms with E-state index in [2.05, 4.69) is 0 Å². The molecule has 0 saturated heterocycles. The number of carbonyl (C=O) groups excluding carboxylic acids is 1. The molecule has 0 fully saturated rings. The number of hydrogen-bond donors (Lipinski definition) is 0. The number of benzene rings is 3. The fraction of sp³-hybridized carbons (Fsp3) is 0.136. The standard InChI is InChI=1S/C22H19ClO3S/c1-25-21-17(14-9-11-16(23)12-10-14)13-18(27-3)20(22(24)26-2)19(21)15-7-5-4-6-8-15/h4-13H,1-3H3. The van der Waals surface area contributed by atoms with Crippen molar-refractivity contribution in [2.75, 3.05) is 20.5 Å². The Kier molecular flexibility index (Phi) is 6.09. The summed E-state index contributed by atoms with van der Waals surface area (Å²) in [5.74, 6) is 0.237. The summed E-state index contributed by atoms with van der Waals surface area (Å²) in [6.07, 6.45) is 1.94. The Hall–Kier alpha value is -2.43. The van der Waals surface area contributed by atoms with Crippen LogP contribution >= 0.6 is 23.4 Å². The highest BCUT2D eigenvalue weighted by Gasteiger charge is 2.25. The van der Waals surface area contributed by atoms with Gasteiger partial charge in [-0.3, -0.25) is 0 Å². The summed E-state index contributed by atoms with van der Waals surface area (Å²) < 4.78 is 10.9. The van der Waals surface area contributed by atoms with E-state index < -0.39 is 0 Å². The molecule has 3 aromatic rings. The maximum Gasteiger partial charge on any atom is 0.339 e. The number of ether oxygens (including phenoxy) is 2. The Balaban J connectivity index is 2.41. The zero-order chi connectivity index (χ0) is 19.4. The summed E-state index contributed by atoms with van der Waals surface area (Å²) in [5.41, 5.74) is 3.97. The first-order chi connectivity index (χ1) is 13.1. The Morgan fingerprint density at radius 3 is 2.19 bits per heavy atom. The highest BCUT2D eigenvalue weighted by atomic mass is 35.5. The van der Waals surface area contributed by atoms with Crippen LogP contribution in [0, 0.1) is 0 Å². The van der Waals surface area contributed by atoms with Crippen LogP contribution in [-0.2, 0) is 4.74 Å². The SMILES string of the molecule is COC(=O)c1c(SC)cc(-c2ccc(Cl)cc2)c(OC)c1-c1ccccc1. The van der Waals surface area contributed by atoms with E-state index in [1.54, 1.807) is 7.11 Å². The molecular formula is C22H19ClO3S. The molecule has 138 valence electrons. The van der Waals surface area contributed by atoms with Crippen molar-refractivity contribution in [1.29, 1.82) is 0 Å². The molecule has 3 aromatic carbocycles. The molecule has 0 amide bonds. The fourth-order valence-corrected chi connectivity index (χ4v) is 3.79. The van der Waals surface area contributed by atoms with Crippen LogP contribution in [0.4, 0.5) is 0 Å². The van der Waals surface area contributed by atoms with Crippen molar-refractivity contribution >= 4 is 29.3 Å². The van der Waals surface area contributed by atoms with Crippen LogP contribution in [0.3, 0.4) is 0 Å². The third kappa shape index (κ3) is 3.82. The summed E-state index contributed by atoms with van der Waals surface area (Å²) in [5, 5.41) is 0.664. The average Bonchev–Trinajstić information content (AvgIpc) is 2.72. The lowest BCUT2D eigenvalue weighted by atomic mass is 9.92. The Morgan fingerprint density at radius 1 is 0.963 bits per heavy atom. The number of methoxy groups -OCH3 is 2. The third-order valence-corrected chi connectivity index (χ3v) is 5.29. The van der Waals surface area contributed by atoms with Crippen molar-refractivity contribution in [2.24, 2.45) is 0 Å². The van der Waals surface area contributed by atoms with Gasteiger partial charge in [0.05, 0.1) is 19.8 Å². The highest BCUT2D eigenvalue weighted by molar-refractivity contribution is 7.98. The minimum atomic E-state index is -0.390. The van der Waals surface area contributed by atoms with Crippen LogP contribution in [0.2, 0.25) is 5.02 Å². The molecule has 0 heterocycles. The van der Waals surface area contributed by atoms with Gasteiger partial charge in [-0.2, -0.15) is 0 Å². The van der Waals surface area contributed by atoms with E-state index in [1.807, 2.05) is 66.9 Å². The van der Waals surface area contributed by atoms with E-state index in [4.69, 9.17) is 21.1 Å². The van der Waals surface area contributed by atoms with Crippen LogP contribution in [0.25, 0.3) is 22.3 Å². The number of carbonyl (C=O) groups is 1. The summed E-state index contributed by atoms with van der Waals surface area (Å²) in [7, 11) is 3.00. The largest absolute Gasteiger partial charge is 0.495 e. The van der Waals surface area contributed by atoms with Gasteiger partial charge in [0.1, 0.15) is 5.75 Å². The second-order valence-electron chi connectivity index (χ2n) is 5.77. The molecule has 0 radical (unpaired) electrons. The minimum absolute atomic E-state index is 0.390. The maximum atomic E-state index is 12.6. The van der Waals surface area contributed by atoms with E-state index in [1.165, 1.54) is 18.9 Å². The number of halogens is 1. The molecule has 3 nitrogen and oxygen atoms in total. The lowest BCUT2D eigenvalue weighted by molar-refractivity contribution is 0.0597. The van der Waals surface area contributed by atoms with Crippen LogP contribution in [-0.4, -0.2) is 26.4 Å². The molecule has 0 saturated carbocycles. The van der Waals surface area contributed by atoms with Crippen molar-refractivity contribution in [3.8, 4) is 28.0 Å². The molecule has 0 N–H and O–H groups in total. The summed E-state index contributed by atoms with van der Waals surface area (Å²) in [6, 6.07) is 19.2. The van der Waals surface area contributed by atoms with Gasteiger partial charge in [0.2, 0.25) is 0 Å². The number of rotatable bonds is 5. The minimum Gasteiger partial charge on any atom is -0.495 e. The highest BCUT2D eigenvalue weighted by Crippen LogP contribution is 2.45.